The van der Waals surface area contributed by atoms with Crippen LogP contribution >= 0.6 is 24.0 Å². The van der Waals surface area contributed by atoms with E-state index >= 15 is 0 Å². The molecule has 6 nitrogen and oxygen atoms in total. The van der Waals surface area contributed by atoms with Gasteiger partial charge in [0.1, 0.15) is 0 Å². The van der Waals surface area contributed by atoms with E-state index in [1.807, 2.05) is 12.1 Å². The highest BCUT2D eigenvalue weighted by Gasteiger charge is 2.18. The molecule has 2 N–H and O–H groups in total. The highest BCUT2D eigenvalue weighted by molar-refractivity contribution is 14.0. The van der Waals surface area contributed by atoms with Crippen LogP contribution in [0.15, 0.2) is 34.2 Å². The van der Waals surface area contributed by atoms with Crippen molar-refractivity contribution in [3.63, 3.8) is 0 Å². The molecule has 0 amide bonds. The largest absolute Gasteiger partial charge is 0.357 e. The average Bonchev–Trinajstić information content (AvgIpc) is 2.98. The summed E-state index contributed by atoms with van der Waals surface area (Å²) in [6.07, 6.45) is 3.26. The molecule has 1 fully saturated rings. The second-order valence-corrected chi connectivity index (χ2v) is 8.75. The van der Waals surface area contributed by atoms with E-state index in [1.54, 1.807) is 12.1 Å². The van der Waals surface area contributed by atoms with Gasteiger partial charge in [0, 0.05) is 32.4 Å². The second kappa shape index (κ2) is 11.1. The van der Waals surface area contributed by atoms with Gasteiger partial charge in [-0.15, -0.1) is 24.0 Å². The fourth-order valence-corrected chi connectivity index (χ4v) is 3.60. The number of nitrogens with zero attached hydrogens (tertiary/aromatic N) is 2. The van der Waals surface area contributed by atoms with E-state index in [1.165, 1.54) is 12.7 Å². The highest BCUT2D eigenvalue weighted by atomic mass is 127. The van der Waals surface area contributed by atoms with Crippen LogP contribution in [0.25, 0.3) is 0 Å². The van der Waals surface area contributed by atoms with Crippen LogP contribution in [0.5, 0.6) is 0 Å². The van der Waals surface area contributed by atoms with Crippen molar-refractivity contribution in [3.8, 4) is 0 Å². The number of benzene rings is 1. The number of hydrogen-bond acceptors (Lipinski definition) is 4. The maximum absolute atomic E-state index is 11.5. The first kappa shape index (κ1) is 23.2. The van der Waals surface area contributed by atoms with Crippen molar-refractivity contribution in [2.45, 2.75) is 24.7 Å². The third-order valence-corrected chi connectivity index (χ3v) is 5.53. The first-order chi connectivity index (χ1) is 11.9. The molecule has 0 aromatic heterocycles. The van der Waals surface area contributed by atoms with Gasteiger partial charge < -0.3 is 15.5 Å². The summed E-state index contributed by atoms with van der Waals surface area (Å²) in [6, 6.07) is 7.08. The lowest BCUT2D eigenvalue weighted by Gasteiger charge is -2.13. The predicted octanol–water partition coefficient (Wildman–Crippen LogP) is 1.76. The van der Waals surface area contributed by atoms with Crippen LogP contribution in [0, 0.1) is 5.92 Å². The quantitative estimate of drug-likeness (QED) is 0.344. The van der Waals surface area contributed by atoms with Crippen molar-refractivity contribution in [2.75, 3.05) is 46.0 Å². The molecule has 0 bridgehead atoms. The molecule has 1 atom stereocenters. The minimum atomic E-state index is -3.13. The molecule has 0 saturated carbocycles. The van der Waals surface area contributed by atoms with E-state index in [4.69, 9.17) is 4.99 Å². The molecule has 2 rings (SSSR count). The van der Waals surface area contributed by atoms with Gasteiger partial charge in [0.15, 0.2) is 15.8 Å². The SMILES string of the molecule is CCNC(=NCC1CCN(C)C1)NCCc1ccc(S(C)(=O)=O)cc1.I. The number of nitrogens with one attached hydrogen (secondary N) is 2. The van der Waals surface area contributed by atoms with Crippen molar-refractivity contribution in [3.05, 3.63) is 29.8 Å². The molecule has 1 heterocycles. The predicted molar refractivity (Wildman–Crippen MR) is 118 cm³/mol. The van der Waals surface area contributed by atoms with Gasteiger partial charge in [-0.1, -0.05) is 12.1 Å². The zero-order valence-corrected chi connectivity index (χ0v) is 19.0. The van der Waals surface area contributed by atoms with Gasteiger partial charge in [0.05, 0.1) is 4.90 Å². The molecule has 0 radical (unpaired) electrons. The normalized spacial score (nSPS) is 18.4. The van der Waals surface area contributed by atoms with E-state index in [9.17, 15) is 8.42 Å². The Bertz CT molecular complexity index is 677. The first-order valence-corrected chi connectivity index (χ1v) is 10.8. The minimum Gasteiger partial charge on any atom is -0.357 e. The fraction of sp³-hybridized carbons (Fsp3) is 0.611. The summed E-state index contributed by atoms with van der Waals surface area (Å²) in [4.78, 5) is 7.41. The summed E-state index contributed by atoms with van der Waals surface area (Å²) < 4.78 is 23.0. The summed E-state index contributed by atoms with van der Waals surface area (Å²) in [5.74, 6) is 1.49. The Labute approximate surface area is 174 Å². The van der Waals surface area contributed by atoms with E-state index < -0.39 is 9.84 Å². The van der Waals surface area contributed by atoms with Gasteiger partial charge in [-0.25, -0.2) is 8.42 Å². The summed E-state index contributed by atoms with van der Waals surface area (Å²) in [6.45, 7) is 6.78. The molecule has 1 aromatic carbocycles. The number of likely N-dealkylation sites (tertiary alicyclic amines) is 1. The van der Waals surface area contributed by atoms with Gasteiger partial charge in [0.25, 0.3) is 0 Å². The molecule has 148 valence electrons. The second-order valence-electron chi connectivity index (χ2n) is 6.73. The lowest BCUT2D eigenvalue weighted by atomic mass is 10.1. The summed E-state index contributed by atoms with van der Waals surface area (Å²) in [7, 11) is -0.974. The van der Waals surface area contributed by atoms with Crippen LogP contribution in [-0.4, -0.2) is 65.3 Å². The summed E-state index contributed by atoms with van der Waals surface area (Å²) in [5, 5.41) is 6.64. The molecule has 1 aliphatic heterocycles. The number of guanidine groups is 1. The molecule has 26 heavy (non-hydrogen) atoms. The van der Waals surface area contributed by atoms with E-state index in [-0.39, 0.29) is 24.0 Å². The van der Waals surface area contributed by atoms with Crippen LogP contribution in [0.3, 0.4) is 0 Å². The van der Waals surface area contributed by atoms with E-state index in [0.29, 0.717) is 10.8 Å². The topological polar surface area (TPSA) is 73.8 Å². The van der Waals surface area contributed by atoms with Crippen LogP contribution in [-0.2, 0) is 16.3 Å². The van der Waals surface area contributed by atoms with Crippen LogP contribution in [0.4, 0.5) is 0 Å². The monoisotopic (exact) mass is 494 g/mol. The zero-order valence-electron chi connectivity index (χ0n) is 15.9. The fourth-order valence-electron chi connectivity index (χ4n) is 2.97. The number of halogens is 1. The van der Waals surface area contributed by atoms with Crippen molar-refractivity contribution < 1.29 is 8.42 Å². The van der Waals surface area contributed by atoms with Gasteiger partial charge in [0.2, 0.25) is 0 Å². The van der Waals surface area contributed by atoms with Crippen molar-refractivity contribution in [1.82, 2.24) is 15.5 Å². The zero-order chi connectivity index (χ0) is 18.3. The lowest BCUT2D eigenvalue weighted by Crippen LogP contribution is -2.38. The van der Waals surface area contributed by atoms with E-state index in [0.717, 1.165) is 50.7 Å². The van der Waals surface area contributed by atoms with Crippen molar-refractivity contribution >= 4 is 39.8 Å². The first-order valence-electron chi connectivity index (χ1n) is 8.88. The Morgan fingerprint density at radius 2 is 1.96 bits per heavy atom. The van der Waals surface area contributed by atoms with Gasteiger partial charge in [-0.05, 0) is 57.0 Å². The Balaban J connectivity index is 0.00000338. The molecule has 0 aliphatic carbocycles. The van der Waals surface area contributed by atoms with E-state index in [2.05, 4.69) is 29.5 Å². The maximum atomic E-state index is 11.5. The molecule has 1 saturated heterocycles. The number of aliphatic imine (C=N–C) groups is 1. The molecule has 0 spiro atoms. The Morgan fingerprint density at radius 1 is 1.27 bits per heavy atom. The molecule has 1 aliphatic rings. The smallest absolute Gasteiger partial charge is 0.191 e. The summed E-state index contributed by atoms with van der Waals surface area (Å²) in [5.41, 5.74) is 1.10. The third kappa shape index (κ3) is 7.79. The van der Waals surface area contributed by atoms with Crippen LogP contribution in [0.2, 0.25) is 0 Å². The third-order valence-electron chi connectivity index (χ3n) is 4.40. The summed E-state index contributed by atoms with van der Waals surface area (Å²) >= 11 is 0. The molecular weight excluding hydrogens is 463 g/mol. The van der Waals surface area contributed by atoms with Gasteiger partial charge in [-0.2, -0.15) is 0 Å². The number of rotatable bonds is 7. The Kier molecular flexibility index (Phi) is 9.88. The van der Waals surface area contributed by atoms with Crippen molar-refractivity contribution in [1.29, 1.82) is 0 Å². The van der Waals surface area contributed by atoms with Gasteiger partial charge >= 0.3 is 0 Å². The number of hydrogen-bond donors (Lipinski definition) is 2. The van der Waals surface area contributed by atoms with Crippen LogP contribution < -0.4 is 10.6 Å². The Hall–Kier alpha value is -0.870. The minimum absolute atomic E-state index is 0. The maximum Gasteiger partial charge on any atom is 0.191 e. The molecule has 8 heteroatoms. The molecule has 1 aromatic rings. The van der Waals surface area contributed by atoms with Crippen LogP contribution in [0.1, 0.15) is 18.9 Å². The molecule has 1 unspecified atom stereocenters. The molecular formula is C18H31IN4O2S. The van der Waals surface area contributed by atoms with Crippen molar-refractivity contribution in [2.24, 2.45) is 10.9 Å². The lowest BCUT2D eigenvalue weighted by molar-refractivity contribution is 0.397. The highest BCUT2D eigenvalue weighted by Crippen LogP contribution is 2.14. The van der Waals surface area contributed by atoms with Gasteiger partial charge in [-0.3, -0.25) is 4.99 Å². The number of sulfone groups is 1. The average molecular weight is 494 g/mol. The Morgan fingerprint density at radius 3 is 2.50 bits per heavy atom. The standard InChI is InChI=1S/C18H30N4O2S.HI/c1-4-19-18(21-13-16-10-12-22(2)14-16)20-11-9-15-5-7-17(8-6-15)25(3,23)24;/h5-8,16H,4,9-14H2,1-3H3,(H2,19,20,21);1H.